The molecule has 1 aromatic heterocycles. The first kappa shape index (κ1) is 15.1. The fraction of sp³-hybridized carbons (Fsp3) is 0.765. The molecular weight excluding hydrogens is 250 g/mol. The molecule has 1 aliphatic carbocycles. The van der Waals surface area contributed by atoms with E-state index in [-0.39, 0.29) is 0 Å². The molecule has 0 aliphatic heterocycles. The highest BCUT2D eigenvalue weighted by molar-refractivity contribution is 7.10. The monoisotopic (exact) mass is 279 g/mol. The van der Waals surface area contributed by atoms with Gasteiger partial charge in [0.2, 0.25) is 0 Å². The standard InChI is InChI=1S/C17H29NS/c1-4-5-6-14-7-9-15(10-8-14)17(18-3)16-11-12-19-13(16)2/h11-12,14-15,17-18H,4-10H2,1-3H3. The topological polar surface area (TPSA) is 12.0 Å². The van der Waals surface area contributed by atoms with Crippen molar-refractivity contribution in [1.82, 2.24) is 5.32 Å². The maximum atomic E-state index is 3.58. The summed E-state index contributed by atoms with van der Waals surface area (Å²) in [6, 6.07) is 2.91. The van der Waals surface area contributed by atoms with Crippen LogP contribution in [0.25, 0.3) is 0 Å². The average molecular weight is 279 g/mol. The van der Waals surface area contributed by atoms with Crippen LogP contribution >= 0.6 is 11.3 Å². The van der Waals surface area contributed by atoms with Crippen LogP contribution < -0.4 is 5.32 Å². The van der Waals surface area contributed by atoms with Crippen molar-refractivity contribution in [2.24, 2.45) is 11.8 Å². The van der Waals surface area contributed by atoms with Crippen LogP contribution in [0.15, 0.2) is 11.4 Å². The van der Waals surface area contributed by atoms with E-state index in [1.807, 2.05) is 11.3 Å². The van der Waals surface area contributed by atoms with Crippen LogP contribution in [0, 0.1) is 18.8 Å². The van der Waals surface area contributed by atoms with Gasteiger partial charge in [-0.3, -0.25) is 0 Å². The molecule has 19 heavy (non-hydrogen) atoms. The van der Waals surface area contributed by atoms with Gasteiger partial charge in [-0.15, -0.1) is 11.3 Å². The third kappa shape index (κ3) is 3.82. The van der Waals surface area contributed by atoms with Crippen LogP contribution in [0.1, 0.15) is 68.4 Å². The van der Waals surface area contributed by atoms with Gasteiger partial charge in [0.05, 0.1) is 0 Å². The molecule has 108 valence electrons. The Morgan fingerprint density at radius 1 is 1.32 bits per heavy atom. The first-order valence-electron chi connectivity index (χ1n) is 7.97. The van der Waals surface area contributed by atoms with Gasteiger partial charge in [0, 0.05) is 10.9 Å². The van der Waals surface area contributed by atoms with Crippen LogP contribution in [-0.4, -0.2) is 7.05 Å². The van der Waals surface area contributed by atoms with Crippen molar-refractivity contribution in [3.8, 4) is 0 Å². The van der Waals surface area contributed by atoms with Crippen molar-refractivity contribution in [3.05, 3.63) is 21.9 Å². The average Bonchev–Trinajstić information content (AvgIpc) is 2.85. The number of unbranched alkanes of at least 4 members (excludes halogenated alkanes) is 1. The van der Waals surface area contributed by atoms with Crippen LogP contribution in [0.2, 0.25) is 0 Å². The van der Waals surface area contributed by atoms with E-state index in [1.165, 1.54) is 49.8 Å². The number of aryl methyl sites for hydroxylation is 1. The second kappa shape index (κ2) is 7.44. The molecule has 1 fully saturated rings. The van der Waals surface area contributed by atoms with Gasteiger partial charge < -0.3 is 5.32 Å². The summed E-state index contributed by atoms with van der Waals surface area (Å²) in [7, 11) is 2.13. The smallest absolute Gasteiger partial charge is 0.0357 e. The van der Waals surface area contributed by atoms with Gasteiger partial charge in [0.15, 0.2) is 0 Å². The predicted molar refractivity (Wildman–Crippen MR) is 85.8 cm³/mol. The van der Waals surface area contributed by atoms with Crippen LogP contribution in [0.4, 0.5) is 0 Å². The van der Waals surface area contributed by atoms with Crippen molar-refractivity contribution < 1.29 is 0 Å². The fourth-order valence-corrected chi connectivity index (χ4v) is 4.42. The molecule has 1 atom stereocenters. The van der Waals surface area contributed by atoms with Crippen LogP contribution in [0.3, 0.4) is 0 Å². The van der Waals surface area contributed by atoms with Crippen LogP contribution in [-0.2, 0) is 0 Å². The first-order valence-corrected chi connectivity index (χ1v) is 8.85. The van der Waals surface area contributed by atoms with E-state index in [0.717, 1.165) is 11.8 Å². The fourth-order valence-electron chi connectivity index (χ4n) is 3.67. The Hall–Kier alpha value is -0.340. The Kier molecular flexibility index (Phi) is 5.90. The second-order valence-corrected chi connectivity index (χ2v) is 7.24. The molecule has 2 rings (SSSR count). The number of nitrogens with one attached hydrogen (secondary N) is 1. The Labute approximate surface area is 122 Å². The third-order valence-corrected chi connectivity index (χ3v) is 5.74. The lowest BCUT2D eigenvalue weighted by Crippen LogP contribution is -2.29. The molecule has 0 spiro atoms. The largest absolute Gasteiger partial charge is 0.313 e. The van der Waals surface area contributed by atoms with E-state index >= 15 is 0 Å². The zero-order chi connectivity index (χ0) is 13.7. The lowest BCUT2D eigenvalue weighted by molar-refractivity contribution is 0.218. The van der Waals surface area contributed by atoms with Crippen LogP contribution in [0.5, 0.6) is 0 Å². The van der Waals surface area contributed by atoms with E-state index in [9.17, 15) is 0 Å². The lowest BCUT2D eigenvalue weighted by Gasteiger charge is -2.34. The normalized spacial score (nSPS) is 25.4. The third-order valence-electron chi connectivity index (χ3n) is 4.87. The van der Waals surface area contributed by atoms with E-state index in [2.05, 4.69) is 37.7 Å². The molecular formula is C17H29NS. The van der Waals surface area contributed by atoms with Gasteiger partial charge >= 0.3 is 0 Å². The molecule has 0 bridgehead atoms. The summed E-state index contributed by atoms with van der Waals surface area (Å²) in [4.78, 5) is 1.49. The van der Waals surface area contributed by atoms with Crippen molar-refractivity contribution in [2.75, 3.05) is 7.05 Å². The van der Waals surface area contributed by atoms with Gasteiger partial charge in [-0.05, 0) is 55.7 Å². The number of thiophene rings is 1. The Morgan fingerprint density at radius 3 is 2.58 bits per heavy atom. The maximum absolute atomic E-state index is 3.58. The van der Waals surface area contributed by atoms with Gasteiger partial charge in [0.25, 0.3) is 0 Å². The molecule has 0 saturated heterocycles. The number of hydrogen-bond donors (Lipinski definition) is 1. The van der Waals surface area contributed by atoms with Crippen molar-refractivity contribution in [3.63, 3.8) is 0 Å². The summed E-state index contributed by atoms with van der Waals surface area (Å²) in [6.45, 7) is 4.57. The zero-order valence-electron chi connectivity index (χ0n) is 12.7. The summed E-state index contributed by atoms with van der Waals surface area (Å²) < 4.78 is 0. The van der Waals surface area contributed by atoms with E-state index in [1.54, 1.807) is 5.56 Å². The summed E-state index contributed by atoms with van der Waals surface area (Å²) in [5.74, 6) is 1.86. The van der Waals surface area contributed by atoms with Gasteiger partial charge in [-0.1, -0.05) is 39.0 Å². The molecule has 0 radical (unpaired) electrons. The Bertz CT molecular complexity index is 363. The Morgan fingerprint density at radius 2 is 2.05 bits per heavy atom. The van der Waals surface area contributed by atoms with E-state index < -0.39 is 0 Å². The highest BCUT2D eigenvalue weighted by Crippen LogP contribution is 2.39. The van der Waals surface area contributed by atoms with Crippen molar-refractivity contribution in [2.45, 2.75) is 64.8 Å². The molecule has 1 nitrogen and oxygen atoms in total. The summed E-state index contributed by atoms with van der Waals surface area (Å²) >= 11 is 1.88. The minimum atomic E-state index is 0.582. The molecule has 1 N–H and O–H groups in total. The number of hydrogen-bond acceptors (Lipinski definition) is 2. The Balaban J connectivity index is 1.90. The second-order valence-electron chi connectivity index (χ2n) is 6.12. The first-order chi connectivity index (χ1) is 9.26. The summed E-state index contributed by atoms with van der Waals surface area (Å²) in [5.41, 5.74) is 1.55. The van der Waals surface area contributed by atoms with Crippen molar-refractivity contribution in [1.29, 1.82) is 0 Å². The quantitative estimate of drug-likeness (QED) is 0.743. The predicted octanol–water partition coefficient (Wildman–Crippen LogP) is 5.31. The molecule has 1 heterocycles. The molecule has 0 aromatic carbocycles. The summed E-state index contributed by atoms with van der Waals surface area (Å²) in [5, 5.41) is 5.82. The SMILES string of the molecule is CCCCC1CCC(C(NC)c2ccsc2C)CC1. The van der Waals surface area contributed by atoms with Gasteiger partial charge in [-0.2, -0.15) is 0 Å². The summed E-state index contributed by atoms with van der Waals surface area (Å²) in [6.07, 6.45) is 9.97. The highest BCUT2D eigenvalue weighted by atomic mass is 32.1. The molecule has 1 saturated carbocycles. The minimum Gasteiger partial charge on any atom is -0.313 e. The maximum Gasteiger partial charge on any atom is 0.0357 e. The number of rotatable bonds is 6. The highest BCUT2D eigenvalue weighted by Gasteiger charge is 2.28. The lowest BCUT2D eigenvalue weighted by atomic mass is 9.75. The minimum absolute atomic E-state index is 0.582. The molecule has 0 amide bonds. The van der Waals surface area contributed by atoms with E-state index in [0.29, 0.717) is 6.04 Å². The van der Waals surface area contributed by atoms with E-state index in [4.69, 9.17) is 0 Å². The van der Waals surface area contributed by atoms with Crippen molar-refractivity contribution >= 4 is 11.3 Å². The molecule has 2 heteroatoms. The molecule has 1 unspecified atom stereocenters. The van der Waals surface area contributed by atoms with Gasteiger partial charge in [-0.25, -0.2) is 0 Å². The molecule has 1 aliphatic rings. The zero-order valence-corrected chi connectivity index (χ0v) is 13.6. The molecule has 1 aromatic rings. The van der Waals surface area contributed by atoms with Gasteiger partial charge in [0.1, 0.15) is 0 Å².